The van der Waals surface area contributed by atoms with Gasteiger partial charge in [0.2, 0.25) is 5.95 Å². The van der Waals surface area contributed by atoms with Gasteiger partial charge in [0, 0.05) is 38.6 Å². The first kappa shape index (κ1) is 26.1. The molecule has 1 aromatic heterocycles. The summed E-state index contributed by atoms with van der Waals surface area (Å²) in [5.74, 6) is -0.104. The standard InChI is InChI=1S/C20H29F3N6O4/c1-5-15(27-18(31)33-19(2,3)4)12-26-32-13-16(30)28-6-8-29(9-7-28)17-24-10-14(11-25-17)20(21,22)23/h10-12,15H,5-9,13H2,1-4H3,(H,27,31). The first-order chi connectivity index (χ1) is 15.4. The van der Waals surface area contributed by atoms with Crippen LogP contribution in [0.25, 0.3) is 0 Å². The number of hydrogen-bond acceptors (Lipinski definition) is 8. The Hall–Kier alpha value is -3.12. The molecule has 1 unspecified atom stereocenters. The zero-order valence-corrected chi connectivity index (χ0v) is 19.1. The molecule has 184 valence electrons. The first-order valence-corrected chi connectivity index (χ1v) is 10.5. The molecule has 1 aliphatic rings. The Balaban J connectivity index is 1.74. The van der Waals surface area contributed by atoms with E-state index >= 15 is 0 Å². The molecule has 1 fully saturated rings. The SMILES string of the molecule is CCC(C=NOCC(=O)N1CCN(c2ncc(C(F)(F)F)cn2)CC1)NC(=O)OC(C)(C)C. The number of oxime groups is 1. The molecule has 0 saturated carbocycles. The van der Waals surface area contributed by atoms with Gasteiger partial charge in [-0.05, 0) is 27.2 Å². The van der Waals surface area contributed by atoms with Crippen LogP contribution in [0.15, 0.2) is 17.5 Å². The molecule has 0 radical (unpaired) electrons. The lowest BCUT2D eigenvalue weighted by molar-refractivity contribution is -0.138. The van der Waals surface area contributed by atoms with Crippen LogP contribution < -0.4 is 10.2 Å². The summed E-state index contributed by atoms with van der Waals surface area (Å²) in [6.07, 6.45) is -1.65. The second kappa shape index (κ2) is 11.1. The molecule has 10 nitrogen and oxygen atoms in total. The number of ether oxygens (including phenoxy) is 1. The molecule has 1 N–H and O–H groups in total. The van der Waals surface area contributed by atoms with E-state index in [0.29, 0.717) is 32.6 Å². The van der Waals surface area contributed by atoms with Crippen LogP contribution in [0.4, 0.5) is 23.9 Å². The Labute approximate surface area is 190 Å². The highest BCUT2D eigenvalue weighted by Crippen LogP contribution is 2.28. The molecular weight excluding hydrogens is 445 g/mol. The third kappa shape index (κ3) is 8.73. The first-order valence-electron chi connectivity index (χ1n) is 10.5. The summed E-state index contributed by atoms with van der Waals surface area (Å²) in [5, 5.41) is 6.39. The molecule has 1 aliphatic heterocycles. The van der Waals surface area contributed by atoms with Gasteiger partial charge in [-0.15, -0.1) is 0 Å². The Morgan fingerprint density at radius 3 is 2.30 bits per heavy atom. The molecule has 2 heterocycles. The molecule has 0 spiro atoms. The number of carbonyl (C=O) groups excluding carboxylic acids is 2. The Bertz CT molecular complexity index is 819. The van der Waals surface area contributed by atoms with Gasteiger partial charge >= 0.3 is 12.3 Å². The molecule has 2 rings (SSSR count). The molecule has 0 bridgehead atoms. The predicted octanol–water partition coefficient (Wildman–Crippen LogP) is 2.45. The van der Waals surface area contributed by atoms with Crippen molar-refractivity contribution in [1.82, 2.24) is 20.2 Å². The van der Waals surface area contributed by atoms with E-state index in [0.717, 1.165) is 12.4 Å². The number of rotatable bonds is 7. The maximum Gasteiger partial charge on any atom is 0.419 e. The molecule has 0 aromatic carbocycles. The Morgan fingerprint density at radius 1 is 1.18 bits per heavy atom. The summed E-state index contributed by atoms with van der Waals surface area (Å²) < 4.78 is 43.1. The van der Waals surface area contributed by atoms with Gasteiger partial charge in [-0.25, -0.2) is 14.8 Å². The van der Waals surface area contributed by atoms with Crippen LogP contribution in [0.3, 0.4) is 0 Å². The number of halogens is 3. The fourth-order valence-corrected chi connectivity index (χ4v) is 2.79. The quantitative estimate of drug-likeness (QED) is 0.478. The summed E-state index contributed by atoms with van der Waals surface area (Å²) in [7, 11) is 0. The maximum absolute atomic E-state index is 12.6. The zero-order chi connectivity index (χ0) is 24.6. The predicted molar refractivity (Wildman–Crippen MR) is 114 cm³/mol. The summed E-state index contributed by atoms with van der Waals surface area (Å²) >= 11 is 0. The number of amides is 2. The molecule has 33 heavy (non-hydrogen) atoms. The van der Waals surface area contributed by atoms with Gasteiger partial charge in [-0.2, -0.15) is 13.2 Å². The minimum atomic E-state index is -4.49. The van der Waals surface area contributed by atoms with E-state index < -0.39 is 29.5 Å². The summed E-state index contributed by atoms with van der Waals surface area (Å²) in [6, 6.07) is -0.415. The van der Waals surface area contributed by atoms with Crippen molar-refractivity contribution in [3.8, 4) is 0 Å². The van der Waals surface area contributed by atoms with Crippen molar-refractivity contribution in [3.05, 3.63) is 18.0 Å². The average molecular weight is 474 g/mol. The van der Waals surface area contributed by atoms with Gasteiger partial charge in [-0.3, -0.25) is 4.79 Å². The number of carbonyl (C=O) groups is 2. The van der Waals surface area contributed by atoms with Crippen LogP contribution in [-0.4, -0.2) is 77.5 Å². The van der Waals surface area contributed by atoms with E-state index in [1.54, 1.807) is 30.6 Å². The molecule has 0 aliphatic carbocycles. The molecule has 1 aromatic rings. The number of alkyl halides is 3. The zero-order valence-electron chi connectivity index (χ0n) is 19.1. The number of nitrogens with zero attached hydrogens (tertiary/aromatic N) is 5. The fraction of sp³-hybridized carbons (Fsp3) is 0.650. The van der Waals surface area contributed by atoms with Crippen molar-refractivity contribution < 1.29 is 32.3 Å². The highest BCUT2D eigenvalue weighted by atomic mass is 19.4. The summed E-state index contributed by atoms with van der Waals surface area (Å²) in [5.41, 5.74) is -1.53. The van der Waals surface area contributed by atoms with E-state index in [4.69, 9.17) is 9.57 Å². The molecule has 1 atom stereocenters. The van der Waals surface area contributed by atoms with Crippen LogP contribution in [0.2, 0.25) is 0 Å². The second-order valence-electron chi connectivity index (χ2n) is 8.33. The van der Waals surface area contributed by atoms with Crippen molar-refractivity contribution in [2.24, 2.45) is 5.16 Å². The van der Waals surface area contributed by atoms with Gasteiger partial charge in [0.15, 0.2) is 6.61 Å². The molecule has 1 saturated heterocycles. The highest BCUT2D eigenvalue weighted by Gasteiger charge is 2.32. The van der Waals surface area contributed by atoms with Gasteiger partial charge < -0.3 is 24.7 Å². The largest absolute Gasteiger partial charge is 0.444 e. The minimum absolute atomic E-state index is 0.180. The number of nitrogens with one attached hydrogen (secondary N) is 1. The van der Waals surface area contributed by atoms with E-state index in [2.05, 4.69) is 20.4 Å². The fourth-order valence-electron chi connectivity index (χ4n) is 2.79. The Kier molecular flexibility index (Phi) is 8.83. The van der Waals surface area contributed by atoms with Crippen LogP contribution in [0, 0.1) is 0 Å². The lowest BCUT2D eigenvalue weighted by Crippen LogP contribution is -2.50. The van der Waals surface area contributed by atoms with Crippen molar-refractivity contribution in [1.29, 1.82) is 0 Å². The topological polar surface area (TPSA) is 109 Å². The summed E-state index contributed by atoms with van der Waals surface area (Å²) in [4.78, 5) is 40.0. The van der Waals surface area contributed by atoms with Gasteiger partial charge in [-0.1, -0.05) is 12.1 Å². The third-order valence-electron chi connectivity index (χ3n) is 4.53. The number of aromatic nitrogens is 2. The van der Waals surface area contributed by atoms with Crippen LogP contribution in [0.1, 0.15) is 39.7 Å². The van der Waals surface area contributed by atoms with E-state index in [1.807, 2.05) is 6.92 Å². The molecule has 13 heteroatoms. The second-order valence-corrected chi connectivity index (χ2v) is 8.33. The number of hydrogen-bond donors (Lipinski definition) is 1. The Morgan fingerprint density at radius 2 is 1.79 bits per heavy atom. The number of anilines is 1. The van der Waals surface area contributed by atoms with Crippen molar-refractivity contribution >= 4 is 24.2 Å². The lowest BCUT2D eigenvalue weighted by Gasteiger charge is -2.34. The monoisotopic (exact) mass is 474 g/mol. The highest BCUT2D eigenvalue weighted by molar-refractivity contribution is 5.78. The maximum atomic E-state index is 12.6. The van der Waals surface area contributed by atoms with Crippen LogP contribution in [-0.2, 0) is 20.5 Å². The molecule has 2 amide bonds. The van der Waals surface area contributed by atoms with Gasteiger partial charge in [0.25, 0.3) is 5.91 Å². The normalized spacial score (nSPS) is 16.0. The van der Waals surface area contributed by atoms with Crippen molar-refractivity contribution in [3.63, 3.8) is 0 Å². The summed E-state index contributed by atoms with van der Waals surface area (Å²) in [6.45, 7) is 8.26. The van der Waals surface area contributed by atoms with Gasteiger partial charge in [0.1, 0.15) is 5.60 Å². The van der Waals surface area contributed by atoms with Crippen LogP contribution >= 0.6 is 0 Å². The molecular formula is C20H29F3N6O4. The van der Waals surface area contributed by atoms with Crippen molar-refractivity contribution in [2.75, 3.05) is 37.7 Å². The minimum Gasteiger partial charge on any atom is -0.444 e. The lowest BCUT2D eigenvalue weighted by atomic mass is 10.2. The number of alkyl carbamates (subject to hydrolysis) is 1. The number of piperazine rings is 1. The smallest absolute Gasteiger partial charge is 0.419 e. The van der Waals surface area contributed by atoms with Gasteiger partial charge in [0.05, 0.1) is 17.8 Å². The van der Waals surface area contributed by atoms with E-state index in [1.165, 1.54) is 6.21 Å². The average Bonchev–Trinajstić information content (AvgIpc) is 2.74. The van der Waals surface area contributed by atoms with Crippen LogP contribution in [0.5, 0.6) is 0 Å². The van der Waals surface area contributed by atoms with Crippen molar-refractivity contribution in [2.45, 2.75) is 51.9 Å². The third-order valence-corrected chi connectivity index (χ3v) is 4.53. The van der Waals surface area contributed by atoms with E-state index in [-0.39, 0.29) is 18.5 Å². The van der Waals surface area contributed by atoms with E-state index in [9.17, 15) is 22.8 Å².